The molecule has 0 saturated carbocycles. The highest BCUT2D eigenvalue weighted by molar-refractivity contribution is 7.80. The highest BCUT2D eigenvalue weighted by Crippen LogP contribution is 2.12. The maximum absolute atomic E-state index is 12.2. The first-order chi connectivity index (χ1) is 12.4. The molecule has 2 amide bonds. The van der Waals surface area contributed by atoms with Crippen molar-refractivity contribution in [3.63, 3.8) is 0 Å². The number of thiocarbonyl (C=S) groups is 1. The van der Waals surface area contributed by atoms with Gasteiger partial charge in [-0.15, -0.1) is 0 Å². The summed E-state index contributed by atoms with van der Waals surface area (Å²) in [6.07, 6.45) is 0. The summed E-state index contributed by atoms with van der Waals surface area (Å²) in [4.78, 5) is 24.3. The Bertz CT molecular complexity index is 804. The first-order valence-electron chi connectivity index (χ1n) is 8.06. The van der Waals surface area contributed by atoms with Crippen LogP contribution < -0.4 is 20.7 Å². The molecule has 136 valence electrons. The van der Waals surface area contributed by atoms with Crippen LogP contribution in [0.25, 0.3) is 0 Å². The molecule has 0 radical (unpaired) electrons. The van der Waals surface area contributed by atoms with Gasteiger partial charge in [0.15, 0.2) is 5.11 Å². The Morgan fingerprint density at radius 3 is 2.31 bits per heavy atom. The minimum Gasteiger partial charge on any atom is -0.497 e. The van der Waals surface area contributed by atoms with Crippen molar-refractivity contribution in [1.29, 1.82) is 0 Å². The minimum atomic E-state index is -0.334. The Labute approximate surface area is 157 Å². The van der Waals surface area contributed by atoms with Gasteiger partial charge in [-0.3, -0.25) is 14.9 Å². The highest BCUT2D eigenvalue weighted by atomic mass is 32.1. The minimum absolute atomic E-state index is 0.0453. The Kier molecular flexibility index (Phi) is 6.68. The molecule has 6 nitrogen and oxygen atoms in total. The van der Waals surface area contributed by atoms with E-state index in [9.17, 15) is 9.59 Å². The highest BCUT2D eigenvalue weighted by Gasteiger charge is 2.10. The predicted octanol–water partition coefficient (Wildman–Crippen LogP) is 2.96. The number of carbonyl (C=O) groups excluding carboxylic acids is 2. The fourth-order valence-electron chi connectivity index (χ4n) is 2.16. The van der Waals surface area contributed by atoms with Crippen molar-refractivity contribution in [2.75, 3.05) is 12.4 Å². The van der Waals surface area contributed by atoms with Gasteiger partial charge in [-0.1, -0.05) is 6.07 Å². The summed E-state index contributed by atoms with van der Waals surface area (Å²) in [6.45, 7) is 3.79. The molecule has 3 N–H and O–H groups in total. The van der Waals surface area contributed by atoms with Crippen LogP contribution in [0.3, 0.4) is 0 Å². The van der Waals surface area contributed by atoms with Gasteiger partial charge in [0.2, 0.25) is 0 Å². The van der Waals surface area contributed by atoms with Crippen LogP contribution in [-0.2, 0) is 0 Å². The average molecular weight is 371 g/mol. The normalized spacial score (nSPS) is 10.2. The summed E-state index contributed by atoms with van der Waals surface area (Å²) in [5.41, 5.74) is 1.58. The van der Waals surface area contributed by atoms with Crippen LogP contribution >= 0.6 is 12.2 Å². The van der Waals surface area contributed by atoms with Crippen LogP contribution in [0.4, 0.5) is 5.69 Å². The molecule has 0 fully saturated rings. The first kappa shape index (κ1) is 19.4. The lowest BCUT2D eigenvalue weighted by molar-refractivity contribution is 0.0941. The SMILES string of the molecule is COc1ccc(C(=O)NC(=S)Nc2cccc(C(=O)NC(C)C)c2)cc1. The number of nitrogens with one attached hydrogen (secondary N) is 3. The summed E-state index contributed by atoms with van der Waals surface area (Å²) < 4.78 is 5.06. The van der Waals surface area contributed by atoms with Crippen LogP contribution in [0.15, 0.2) is 48.5 Å². The molecule has 0 spiro atoms. The van der Waals surface area contributed by atoms with Gasteiger partial charge in [-0.2, -0.15) is 0 Å². The van der Waals surface area contributed by atoms with E-state index in [2.05, 4.69) is 16.0 Å². The molecule has 0 unspecified atom stereocenters. The zero-order valence-electron chi connectivity index (χ0n) is 14.8. The van der Waals surface area contributed by atoms with Crippen molar-refractivity contribution < 1.29 is 14.3 Å². The predicted molar refractivity (Wildman–Crippen MR) is 106 cm³/mol. The Hall–Kier alpha value is -2.93. The number of rotatable bonds is 5. The second kappa shape index (κ2) is 8.96. The summed E-state index contributed by atoms with van der Waals surface area (Å²) in [7, 11) is 1.56. The number of carbonyl (C=O) groups is 2. The molecule has 7 heteroatoms. The van der Waals surface area contributed by atoms with E-state index in [1.54, 1.807) is 55.6 Å². The lowest BCUT2D eigenvalue weighted by atomic mass is 10.2. The number of hydrogen-bond donors (Lipinski definition) is 3. The smallest absolute Gasteiger partial charge is 0.257 e. The monoisotopic (exact) mass is 371 g/mol. The molecule has 0 aliphatic carbocycles. The fraction of sp³-hybridized carbons (Fsp3) is 0.211. The molecular formula is C19H21N3O3S. The third kappa shape index (κ3) is 5.56. The van der Waals surface area contributed by atoms with Gasteiger partial charge in [-0.25, -0.2) is 0 Å². The standard InChI is InChI=1S/C19H21N3O3S/c1-12(2)20-18(24)14-5-4-6-15(11-14)21-19(26)22-17(23)13-7-9-16(25-3)10-8-13/h4-12H,1-3H3,(H,20,24)(H2,21,22,23,26). The molecule has 0 aliphatic rings. The fourth-order valence-corrected chi connectivity index (χ4v) is 2.37. The molecule has 2 rings (SSSR count). The van der Waals surface area contributed by atoms with Crippen LogP contribution in [-0.4, -0.2) is 30.1 Å². The number of amides is 2. The third-order valence-corrected chi connectivity index (χ3v) is 3.59. The van der Waals surface area contributed by atoms with Gasteiger partial charge in [0.25, 0.3) is 11.8 Å². The summed E-state index contributed by atoms with van der Waals surface area (Å²) in [6, 6.07) is 13.6. The first-order valence-corrected chi connectivity index (χ1v) is 8.47. The lowest BCUT2D eigenvalue weighted by Gasteiger charge is -2.12. The molecule has 2 aromatic rings. The van der Waals surface area contributed by atoms with E-state index < -0.39 is 0 Å². The topological polar surface area (TPSA) is 79.5 Å². The van der Waals surface area contributed by atoms with Crippen LogP contribution in [0.2, 0.25) is 0 Å². The molecule has 0 heterocycles. The van der Waals surface area contributed by atoms with Crippen molar-refractivity contribution in [3.05, 3.63) is 59.7 Å². The van der Waals surface area contributed by atoms with Gasteiger partial charge in [0, 0.05) is 22.9 Å². The quantitative estimate of drug-likeness (QED) is 0.704. The zero-order chi connectivity index (χ0) is 19.1. The van der Waals surface area contributed by atoms with Crippen molar-refractivity contribution in [3.8, 4) is 5.75 Å². The Balaban J connectivity index is 1.98. The molecule has 0 aliphatic heterocycles. The number of anilines is 1. The molecule has 26 heavy (non-hydrogen) atoms. The summed E-state index contributed by atoms with van der Waals surface area (Å²) >= 11 is 5.17. The van der Waals surface area contributed by atoms with Gasteiger partial charge in [0.1, 0.15) is 5.75 Å². The lowest BCUT2D eigenvalue weighted by Crippen LogP contribution is -2.34. The van der Waals surface area contributed by atoms with E-state index in [1.165, 1.54) is 0 Å². The van der Waals surface area contributed by atoms with Crippen molar-refractivity contribution in [2.45, 2.75) is 19.9 Å². The maximum Gasteiger partial charge on any atom is 0.257 e. The third-order valence-electron chi connectivity index (χ3n) is 3.38. The number of hydrogen-bond acceptors (Lipinski definition) is 4. The molecule has 2 aromatic carbocycles. The van der Waals surface area contributed by atoms with Crippen LogP contribution in [0, 0.1) is 0 Å². The molecule has 0 bridgehead atoms. The van der Waals surface area contributed by atoms with E-state index in [0.29, 0.717) is 22.6 Å². The summed E-state index contributed by atoms with van der Waals surface area (Å²) in [5, 5.41) is 8.48. The Morgan fingerprint density at radius 1 is 1.00 bits per heavy atom. The van der Waals surface area contributed by atoms with Gasteiger partial charge in [-0.05, 0) is 68.5 Å². The van der Waals surface area contributed by atoms with Crippen LogP contribution in [0.1, 0.15) is 34.6 Å². The van der Waals surface area contributed by atoms with Gasteiger partial charge >= 0.3 is 0 Å². The van der Waals surface area contributed by atoms with Crippen LogP contribution in [0.5, 0.6) is 5.75 Å². The average Bonchev–Trinajstić information content (AvgIpc) is 2.61. The maximum atomic E-state index is 12.2. The molecular weight excluding hydrogens is 350 g/mol. The van der Waals surface area contributed by atoms with E-state index in [4.69, 9.17) is 17.0 Å². The zero-order valence-corrected chi connectivity index (χ0v) is 15.6. The number of ether oxygens (including phenoxy) is 1. The largest absolute Gasteiger partial charge is 0.497 e. The number of benzene rings is 2. The van der Waals surface area contributed by atoms with E-state index in [-0.39, 0.29) is 23.0 Å². The van der Waals surface area contributed by atoms with E-state index in [0.717, 1.165) is 0 Å². The second-order valence-corrected chi connectivity index (χ2v) is 6.25. The molecule has 0 atom stereocenters. The Morgan fingerprint density at radius 2 is 1.69 bits per heavy atom. The molecule has 0 aromatic heterocycles. The molecule has 0 saturated heterocycles. The van der Waals surface area contributed by atoms with Crippen molar-refractivity contribution >= 4 is 34.8 Å². The van der Waals surface area contributed by atoms with Crippen molar-refractivity contribution in [1.82, 2.24) is 10.6 Å². The van der Waals surface area contributed by atoms with Gasteiger partial charge < -0.3 is 15.4 Å². The summed E-state index contributed by atoms with van der Waals surface area (Å²) in [5.74, 6) is 0.162. The van der Waals surface area contributed by atoms with Crippen molar-refractivity contribution in [2.24, 2.45) is 0 Å². The van der Waals surface area contributed by atoms with Gasteiger partial charge in [0.05, 0.1) is 7.11 Å². The number of methoxy groups -OCH3 is 1. The van der Waals surface area contributed by atoms with E-state index in [1.807, 2.05) is 13.8 Å². The van der Waals surface area contributed by atoms with E-state index >= 15 is 0 Å². The second-order valence-electron chi connectivity index (χ2n) is 5.85.